The normalized spacial score (nSPS) is 14.1. The molecule has 1 aliphatic rings. The molecule has 1 aromatic heterocycles. The van der Waals surface area contributed by atoms with Gasteiger partial charge in [0.15, 0.2) is 23.9 Å². The summed E-state index contributed by atoms with van der Waals surface area (Å²) in [7, 11) is -3.52. The van der Waals surface area contributed by atoms with Crippen LogP contribution in [-0.2, 0) is 21.2 Å². The standard InChI is InChI=1S/C26H24Cl2F2N2O7S/c1-40(35,36)31-18-7-4-16(5-8-18)25(33)38-23(11-19-20(27)12-32(34)13-21(19)28)17-6-9-22(39-26(29)30)24(10-17)37-14-15-2-3-15/h4-10,12-13,15,23,26,31H,2-3,11,14H2,1H3. The van der Waals surface area contributed by atoms with Crippen LogP contribution in [0.4, 0.5) is 14.5 Å². The molecule has 1 saturated carbocycles. The number of nitrogens with one attached hydrogen (secondary N) is 1. The molecule has 1 N–H and O–H groups in total. The van der Waals surface area contributed by atoms with Gasteiger partial charge in [0, 0.05) is 17.7 Å². The van der Waals surface area contributed by atoms with Crippen LogP contribution < -0.4 is 18.9 Å². The first kappa shape index (κ1) is 29.6. The van der Waals surface area contributed by atoms with E-state index in [2.05, 4.69) is 9.46 Å². The van der Waals surface area contributed by atoms with Crippen molar-refractivity contribution in [3.8, 4) is 11.5 Å². The van der Waals surface area contributed by atoms with Crippen molar-refractivity contribution < 1.29 is 40.9 Å². The van der Waals surface area contributed by atoms with Gasteiger partial charge < -0.3 is 19.4 Å². The fourth-order valence-electron chi connectivity index (χ4n) is 3.75. The second-order valence-corrected chi connectivity index (χ2v) is 11.7. The van der Waals surface area contributed by atoms with E-state index in [1.54, 1.807) is 0 Å². The van der Waals surface area contributed by atoms with E-state index in [0.29, 0.717) is 28.4 Å². The minimum absolute atomic E-state index is 0.0302. The molecular formula is C26H24Cl2F2N2O7S. The molecule has 0 amide bonds. The first-order valence-corrected chi connectivity index (χ1v) is 14.6. The molecule has 1 fully saturated rings. The zero-order valence-corrected chi connectivity index (χ0v) is 23.3. The Morgan fingerprint density at radius 1 is 1.10 bits per heavy atom. The van der Waals surface area contributed by atoms with Gasteiger partial charge in [0.1, 0.15) is 16.1 Å². The number of alkyl halides is 2. The van der Waals surface area contributed by atoms with Gasteiger partial charge in [-0.15, -0.1) is 0 Å². The van der Waals surface area contributed by atoms with E-state index >= 15 is 0 Å². The highest BCUT2D eigenvalue weighted by atomic mass is 35.5. The Hall–Kier alpha value is -3.35. The molecule has 1 heterocycles. The number of rotatable bonds is 12. The SMILES string of the molecule is CS(=O)(=O)Nc1ccc(C(=O)OC(Cc2c(Cl)c[n+]([O-])cc2Cl)c2ccc(OC(F)F)c(OCC3CC3)c2)cc1. The third kappa shape index (κ3) is 8.33. The number of esters is 1. The molecule has 0 aliphatic heterocycles. The number of nitrogens with zero attached hydrogens (tertiary/aromatic N) is 1. The van der Waals surface area contributed by atoms with Crippen molar-refractivity contribution >= 4 is 44.9 Å². The van der Waals surface area contributed by atoms with Crippen LogP contribution in [0.3, 0.4) is 0 Å². The molecule has 9 nitrogen and oxygen atoms in total. The number of hydrogen-bond acceptors (Lipinski definition) is 7. The molecular weight excluding hydrogens is 593 g/mol. The molecule has 4 rings (SSSR count). The minimum atomic E-state index is -3.52. The van der Waals surface area contributed by atoms with Gasteiger partial charge in [-0.25, -0.2) is 13.2 Å². The molecule has 0 radical (unpaired) electrons. The van der Waals surface area contributed by atoms with Crippen LogP contribution in [0, 0.1) is 11.1 Å². The van der Waals surface area contributed by atoms with E-state index in [9.17, 15) is 27.2 Å². The Balaban J connectivity index is 1.66. The number of carbonyl (C=O) groups excluding carboxylic acids is 1. The molecule has 14 heteroatoms. The first-order chi connectivity index (χ1) is 18.9. The van der Waals surface area contributed by atoms with Crippen molar-refractivity contribution in [1.82, 2.24) is 0 Å². The van der Waals surface area contributed by atoms with Crippen molar-refractivity contribution in [3.63, 3.8) is 0 Å². The van der Waals surface area contributed by atoms with Crippen LogP contribution in [0.15, 0.2) is 54.9 Å². The van der Waals surface area contributed by atoms with Crippen molar-refractivity contribution in [2.24, 2.45) is 5.92 Å². The lowest BCUT2D eigenvalue weighted by Crippen LogP contribution is -2.25. The molecule has 2 aromatic carbocycles. The Labute approximate surface area is 239 Å². The summed E-state index contributed by atoms with van der Waals surface area (Å²) in [4.78, 5) is 13.1. The summed E-state index contributed by atoms with van der Waals surface area (Å²) in [6.07, 6.45) is 3.99. The van der Waals surface area contributed by atoms with Gasteiger partial charge in [0.2, 0.25) is 10.0 Å². The van der Waals surface area contributed by atoms with Crippen molar-refractivity contribution in [2.75, 3.05) is 17.6 Å². The van der Waals surface area contributed by atoms with Crippen LogP contribution in [0.1, 0.15) is 40.4 Å². The quantitative estimate of drug-likeness (QED) is 0.161. The maximum atomic E-state index is 13.1. The van der Waals surface area contributed by atoms with Gasteiger partial charge in [-0.1, -0.05) is 29.3 Å². The lowest BCUT2D eigenvalue weighted by molar-refractivity contribution is -0.605. The molecule has 1 aliphatic carbocycles. The second kappa shape index (κ2) is 12.4. The Morgan fingerprint density at radius 3 is 2.33 bits per heavy atom. The molecule has 0 saturated heterocycles. The van der Waals surface area contributed by atoms with Gasteiger partial charge in [0.25, 0.3) is 0 Å². The maximum Gasteiger partial charge on any atom is 0.387 e. The Kier molecular flexibility index (Phi) is 9.22. The largest absolute Gasteiger partial charge is 0.619 e. The third-order valence-electron chi connectivity index (χ3n) is 5.85. The predicted molar refractivity (Wildman–Crippen MR) is 143 cm³/mol. The van der Waals surface area contributed by atoms with Gasteiger partial charge in [-0.3, -0.25) is 4.72 Å². The highest BCUT2D eigenvalue weighted by Gasteiger charge is 2.26. The number of ether oxygens (including phenoxy) is 3. The van der Waals surface area contributed by atoms with Gasteiger partial charge in [-0.2, -0.15) is 13.5 Å². The maximum absolute atomic E-state index is 13.1. The fraction of sp³-hybridized carbons (Fsp3) is 0.308. The summed E-state index contributed by atoms with van der Waals surface area (Å²) >= 11 is 12.5. The lowest BCUT2D eigenvalue weighted by atomic mass is 10.0. The second-order valence-electron chi connectivity index (χ2n) is 9.18. The highest BCUT2D eigenvalue weighted by Crippen LogP contribution is 2.38. The first-order valence-electron chi connectivity index (χ1n) is 11.9. The summed E-state index contributed by atoms with van der Waals surface area (Å²) in [5, 5.41) is 11.8. The summed E-state index contributed by atoms with van der Waals surface area (Å²) in [6, 6.07) is 9.71. The number of benzene rings is 2. The zero-order valence-electron chi connectivity index (χ0n) is 21.0. The van der Waals surface area contributed by atoms with Crippen molar-refractivity contribution in [1.29, 1.82) is 0 Å². The van der Waals surface area contributed by atoms with Crippen molar-refractivity contribution in [3.05, 3.63) is 86.8 Å². The fourth-order valence-corrected chi connectivity index (χ4v) is 4.91. The number of anilines is 1. The predicted octanol–water partition coefficient (Wildman–Crippen LogP) is 5.53. The van der Waals surface area contributed by atoms with Gasteiger partial charge in [-0.05, 0) is 60.7 Å². The molecule has 0 bridgehead atoms. The van der Waals surface area contributed by atoms with E-state index in [0.717, 1.165) is 31.5 Å². The number of halogens is 4. The van der Waals surface area contributed by atoms with Crippen LogP contribution in [-0.4, -0.2) is 33.9 Å². The summed E-state index contributed by atoms with van der Waals surface area (Å²) < 4.78 is 67.8. The molecule has 1 unspecified atom stereocenters. The van der Waals surface area contributed by atoms with E-state index in [-0.39, 0.29) is 39.2 Å². The number of hydrogen-bond donors (Lipinski definition) is 1. The van der Waals surface area contributed by atoms with Crippen LogP contribution in [0.5, 0.6) is 11.5 Å². The zero-order chi connectivity index (χ0) is 29.0. The van der Waals surface area contributed by atoms with Gasteiger partial charge in [0.05, 0.1) is 18.4 Å². The Bertz CT molecular complexity index is 1460. The topological polar surface area (TPSA) is 118 Å². The van der Waals surface area contributed by atoms with E-state index in [1.807, 2.05) is 0 Å². The summed E-state index contributed by atoms with van der Waals surface area (Å²) in [6.45, 7) is -2.77. The van der Waals surface area contributed by atoms with E-state index < -0.39 is 28.7 Å². The average Bonchev–Trinajstić information content (AvgIpc) is 3.68. The Morgan fingerprint density at radius 2 is 1.75 bits per heavy atom. The molecule has 1 atom stereocenters. The van der Waals surface area contributed by atoms with Crippen molar-refractivity contribution in [2.45, 2.75) is 32.0 Å². The summed E-state index contributed by atoms with van der Waals surface area (Å²) in [5.74, 6) is -0.588. The minimum Gasteiger partial charge on any atom is -0.619 e. The van der Waals surface area contributed by atoms with Crippen LogP contribution >= 0.6 is 23.2 Å². The van der Waals surface area contributed by atoms with Crippen LogP contribution in [0.25, 0.3) is 0 Å². The number of carbonyl (C=O) groups is 1. The highest BCUT2D eigenvalue weighted by molar-refractivity contribution is 7.92. The van der Waals surface area contributed by atoms with Crippen LogP contribution in [0.2, 0.25) is 10.0 Å². The number of pyridine rings is 1. The lowest BCUT2D eigenvalue weighted by Gasteiger charge is -2.21. The average molecular weight is 617 g/mol. The van der Waals surface area contributed by atoms with E-state index in [4.69, 9.17) is 32.7 Å². The number of aromatic nitrogens is 1. The molecule has 40 heavy (non-hydrogen) atoms. The summed E-state index contributed by atoms with van der Waals surface area (Å²) in [5.41, 5.74) is 1.03. The monoisotopic (exact) mass is 616 g/mol. The van der Waals surface area contributed by atoms with E-state index in [1.165, 1.54) is 42.5 Å². The number of sulfonamides is 1. The van der Waals surface area contributed by atoms with Gasteiger partial charge >= 0.3 is 12.6 Å². The smallest absolute Gasteiger partial charge is 0.387 e. The molecule has 3 aromatic rings. The third-order valence-corrected chi connectivity index (χ3v) is 7.11. The molecule has 214 valence electrons. The molecule has 0 spiro atoms.